The maximum atomic E-state index is 13.3. The molecule has 0 saturated carbocycles. The molecule has 0 aliphatic carbocycles. The Morgan fingerprint density at radius 3 is 1.50 bits per heavy atom. The molecule has 0 N–H and O–H groups in total. The molecule has 8 heteroatoms. The average molecular weight is 595 g/mol. The molecule has 0 bridgehead atoms. The summed E-state index contributed by atoms with van der Waals surface area (Å²) in [5, 5.41) is 0. The van der Waals surface area contributed by atoms with Crippen LogP contribution in [0.2, 0.25) is 0 Å². The third kappa shape index (κ3) is 8.41. The Kier molecular flexibility index (Phi) is 11.4. The molecule has 4 rings (SSSR count). The van der Waals surface area contributed by atoms with Crippen LogP contribution in [0.3, 0.4) is 0 Å². The van der Waals surface area contributed by atoms with Gasteiger partial charge in [0.15, 0.2) is 11.5 Å². The van der Waals surface area contributed by atoms with Crippen molar-refractivity contribution in [3.05, 3.63) is 125 Å². The number of hydrogen-bond donors (Lipinski definition) is 0. The molecule has 4 aromatic carbocycles. The fourth-order valence-corrected chi connectivity index (χ4v) is 4.35. The maximum absolute atomic E-state index is 13.3. The molecule has 4 aromatic rings. The van der Waals surface area contributed by atoms with Crippen LogP contribution in [0.1, 0.15) is 86.0 Å². The summed E-state index contributed by atoms with van der Waals surface area (Å²) in [5.41, 5.74) is 0.797. The van der Waals surface area contributed by atoms with Crippen LogP contribution in [-0.4, -0.2) is 30.5 Å². The Morgan fingerprint density at radius 1 is 0.545 bits per heavy atom. The van der Waals surface area contributed by atoms with Gasteiger partial charge in [-0.05, 0) is 55.8 Å². The lowest BCUT2D eigenvalue weighted by molar-refractivity contribution is 0.0492. The Balaban J connectivity index is 1.77. The van der Waals surface area contributed by atoms with Gasteiger partial charge in [-0.3, -0.25) is 0 Å². The molecule has 226 valence electrons. The lowest BCUT2D eigenvalue weighted by Crippen LogP contribution is -2.18. The highest BCUT2D eigenvalue weighted by Gasteiger charge is 2.29. The van der Waals surface area contributed by atoms with Crippen molar-refractivity contribution in [1.29, 1.82) is 0 Å². The third-order valence-electron chi connectivity index (χ3n) is 6.77. The smallest absolute Gasteiger partial charge is 0.343 e. The number of rotatable bonds is 13. The molecule has 0 saturated heterocycles. The van der Waals surface area contributed by atoms with Crippen LogP contribution in [0.5, 0.6) is 17.2 Å². The first-order valence-corrected chi connectivity index (χ1v) is 14.6. The largest absolute Gasteiger partial charge is 0.462 e. The van der Waals surface area contributed by atoms with E-state index in [4.69, 9.17) is 18.9 Å². The summed E-state index contributed by atoms with van der Waals surface area (Å²) in [6.07, 6.45) is 4.82. The van der Waals surface area contributed by atoms with Crippen LogP contribution in [-0.2, 0) is 4.74 Å². The molecule has 0 aromatic heterocycles. The van der Waals surface area contributed by atoms with E-state index < -0.39 is 23.9 Å². The third-order valence-corrected chi connectivity index (χ3v) is 6.77. The molecule has 0 spiro atoms. The van der Waals surface area contributed by atoms with Crippen molar-refractivity contribution in [2.75, 3.05) is 6.61 Å². The van der Waals surface area contributed by atoms with E-state index in [0.717, 1.165) is 25.7 Å². The number of ether oxygens (including phenoxy) is 4. The van der Waals surface area contributed by atoms with E-state index >= 15 is 0 Å². The summed E-state index contributed by atoms with van der Waals surface area (Å²) >= 11 is 0. The first-order valence-electron chi connectivity index (χ1n) is 14.6. The molecular formula is C36H34O8. The van der Waals surface area contributed by atoms with Gasteiger partial charge in [0.05, 0.1) is 28.9 Å². The minimum atomic E-state index is -0.790. The first kappa shape index (κ1) is 31.7. The van der Waals surface area contributed by atoms with Gasteiger partial charge in [-0.15, -0.1) is 0 Å². The van der Waals surface area contributed by atoms with E-state index in [9.17, 15) is 19.2 Å². The standard InChI is InChI=1S/C36H34O8/c1-3-4-5-6-16-23-41-36(40)29-24-30(42-33(37)26-17-10-7-11-18-26)32(44-35(39)28-21-14-9-15-22-28)31(25(29)2)43-34(38)27-19-12-8-13-20-27/h7-15,17-22,24H,3-6,16,23H2,1-2H3. The van der Waals surface area contributed by atoms with Gasteiger partial charge >= 0.3 is 23.9 Å². The maximum Gasteiger partial charge on any atom is 0.343 e. The highest BCUT2D eigenvalue weighted by atomic mass is 16.6. The lowest BCUT2D eigenvalue weighted by atomic mass is 10.1. The van der Waals surface area contributed by atoms with Gasteiger partial charge in [-0.25, -0.2) is 19.2 Å². The molecule has 0 radical (unpaired) electrons. The van der Waals surface area contributed by atoms with Crippen LogP contribution in [0.25, 0.3) is 0 Å². The molecule has 8 nitrogen and oxygen atoms in total. The number of benzene rings is 4. The Morgan fingerprint density at radius 2 is 1.00 bits per heavy atom. The van der Waals surface area contributed by atoms with Gasteiger partial charge in [-0.1, -0.05) is 87.2 Å². The topological polar surface area (TPSA) is 105 Å². The van der Waals surface area contributed by atoms with Crippen molar-refractivity contribution in [3.8, 4) is 17.2 Å². The Labute approximate surface area is 256 Å². The zero-order valence-electron chi connectivity index (χ0n) is 24.7. The molecule has 0 fully saturated rings. The van der Waals surface area contributed by atoms with Crippen molar-refractivity contribution in [2.24, 2.45) is 0 Å². The van der Waals surface area contributed by atoms with E-state index in [1.807, 2.05) is 0 Å². The van der Waals surface area contributed by atoms with Gasteiger partial charge in [0, 0.05) is 5.56 Å². The van der Waals surface area contributed by atoms with Crippen LogP contribution in [0, 0.1) is 6.92 Å². The van der Waals surface area contributed by atoms with Gasteiger partial charge in [0.1, 0.15) is 0 Å². The van der Waals surface area contributed by atoms with Crippen molar-refractivity contribution < 1.29 is 38.1 Å². The van der Waals surface area contributed by atoms with Crippen molar-refractivity contribution in [3.63, 3.8) is 0 Å². The quantitative estimate of drug-likeness (QED) is 0.0878. The zero-order chi connectivity index (χ0) is 31.3. The second-order valence-corrected chi connectivity index (χ2v) is 10.0. The van der Waals surface area contributed by atoms with E-state index in [1.54, 1.807) is 91.0 Å². The van der Waals surface area contributed by atoms with Gasteiger partial charge in [-0.2, -0.15) is 0 Å². The van der Waals surface area contributed by atoms with Crippen LogP contribution in [0.4, 0.5) is 0 Å². The predicted octanol–water partition coefficient (Wildman–Crippen LogP) is 7.78. The second-order valence-electron chi connectivity index (χ2n) is 10.0. The van der Waals surface area contributed by atoms with Gasteiger partial charge in [0.25, 0.3) is 0 Å². The van der Waals surface area contributed by atoms with Gasteiger partial charge < -0.3 is 18.9 Å². The zero-order valence-corrected chi connectivity index (χ0v) is 24.7. The minimum absolute atomic E-state index is 0.00945. The summed E-state index contributed by atoms with van der Waals surface area (Å²) in [7, 11) is 0. The van der Waals surface area contributed by atoms with E-state index in [0.29, 0.717) is 6.42 Å². The number of carbonyl (C=O) groups is 4. The van der Waals surface area contributed by atoms with Crippen molar-refractivity contribution in [2.45, 2.75) is 46.0 Å². The molecule has 0 amide bonds. The number of carbonyl (C=O) groups excluding carboxylic acids is 4. The number of unbranched alkanes of at least 4 members (excludes halogenated alkanes) is 4. The van der Waals surface area contributed by atoms with E-state index in [-0.39, 0.29) is 51.7 Å². The van der Waals surface area contributed by atoms with E-state index in [2.05, 4.69) is 6.92 Å². The molecule has 0 heterocycles. The first-order chi connectivity index (χ1) is 21.4. The van der Waals surface area contributed by atoms with Crippen LogP contribution < -0.4 is 14.2 Å². The summed E-state index contributed by atoms with van der Waals surface area (Å²) in [5.74, 6) is -3.92. The SMILES string of the molecule is CCCCCCCOC(=O)c1cc(OC(=O)c2ccccc2)c(OC(=O)c2ccccc2)c(OC(=O)c2ccccc2)c1C. The highest BCUT2D eigenvalue weighted by Crippen LogP contribution is 2.43. The highest BCUT2D eigenvalue weighted by molar-refractivity contribution is 5.98. The lowest BCUT2D eigenvalue weighted by Gasteiger charge is -2.19. The van der Waals surface area contributed by atoms with Crippen molar-refractivity contribution >= 4 is 23.9 Å². The van der Waals surface area contributed by atoms with Crippen LogP contribution >= 0.6 is 0 Å². The molecule has 0 aliphatic heterocycles. The number of hydrogen-bond acceptors (Lipinski definition) is 8. The monoisotopic (exact) mass is 594 g/mol. The molecule has 44 heavy (non-hydrogen) atoms. The minimum Gasteiger partial charge on any atom is -0.462 e. The molecule has 0 unspecified atom stereocenters. The predicted molar refractivity (Wildman–Crippen MR) is 164 cm³/mol. The second kappa shape index (κ2) is 15.8. The van der Waals surface area contributed by atoms with E-state index in [1.165, 1.54) is 13.0 Å². The molecule has 0 aliphatic rings. The van der Waals surface area contributed by atoms with Gasteiger partial charge in [0.2, 0.25) is 5.75 Å². The summed E-state index contributed by atoms with van der Waals surface area (Å²) < 4.78 is 22.8. The molecular weight excluding hydrogens is 560 g/mol. The van der Waals surface area contributed by atoms with Crippen LogP contribution in [0.15, 0.2) is 97.1 Å². The molecule has 0 atom stereocenters. The fourth-order valence-electron chi connectivity index (χ4n) is 4.35. The average Bonchev–Trinajstić information content (AvgIpc) is 3.06. The Hall–Kier alpha value is -5.24. The summed E-state index contributed by atoms with van der Waals surface area (Å²) in [6, 6.07) is 25.8. The summed E-state index contributed by atoms with van der Waals surface area (Å²) in [6.45, 7) is 3.84. The Bertz CT molecular complexity index is 1580. The summed E-state index contributed by atoms with van der Waals surface area (Å²) in [4.78, 5) is 52.9. The van der Waals surface area contributed by atoms with Crippen molar-refractivity contribution in [1.82, 2.24) is 0 Å². The fraction of sp³-hybridized carbons (Fsp3) is 0.222. The number of esters is 4. The normalized spacial score (nSPS) is 10.5.